The second-order valence-electron chi connectivity index (χ2n) is 5.90. The number of hydrogen-bond donors (Lipinski definition) is 1. The number of anilines is 1. The summed E-state index contributed by atoms with van der Waals surface area (Å²) in [4.78, 5) is 2.10. The standard InChI is InChI=1S/C18H18BrN2OS/c19-15-9-7-14(8-10-15)18(22)13-20-11-4-12-23-17(20)21(18)16-5-2-1-3-6-16/h1-3,5-10,22H,4,11-13H2/q+1/t18-/m1/s1. The summed E-state index contributed by atoms with van der Waals surface area (Å²) in [5.41, 5.74) is 0.922. The zero-order chi connectivity index (χ0) is 15.9. The molecule has 0 saturated carbocycles. The van der Waals surface area contributed by atoms with Crippen molar-refractivity contribution in [3.05, 3.63) is 64.6 Å². The molecule has 2 aliphatic rings. The van der Waals surface area contributed by atoms with E-state index in [2.05, 4.69) is 37.5 Å². The van der Waals surface area contributed by atoms with E-state index < -0.39 is 5.72 Å². The normalized spacial score (nSPS) is 24.0. The molecule has 118 valence electrons. The van der Waals surface area contributed by atoms with Crippen molar-refractivity contribution in [3.8, 4) is 0 Å². The van der Waals surface area contributed by atoms with E-state index in [1.807, 2.05) is 54.2 Å². The summed E-state index contributed by atoms with van der Waals surface area (Å²) < 4.78 is 3.33. The zero-order valence-corrected chi connectivity index (χ0v) is 15.1. The molecule has 0 aromatic heterocycles. The molecule has 0 unspecified atom stereocenters. The van der Waals surface area contributed by atoms with Crippen LogP contribution in [-0.4, -0.2) is 33.7 Å². The van der Waals surface area contributed by atoms with Crippen LogP contribution in [0.15, 0.2) is 59.1 Å². The Bertz CT molecular complexity index is 747. The van der Waals surface area contributed by atoms with Gasteiger partial charge in [-0.05, 0) is 42.4 Å². The number of para-hydroxylation sites is 1. The Hall–Kier alpha value is -1.30. The van der Waals surface area contributed by atoms with Gasteiger partial charge in [-0.3, -0.25) is 0 Å². The Morgan fingerprint density at radius 2 is 1.83 bits per heavy atom. The lowest BCUT2D eigenvalue weighted by Crippen LogP contribution is -2.46. The van der Waals surface area contributed by atoms with Crippen molar-refractivity contribution in [2.45, 2.75) is 12.1 Å². The highest BCUT2D eigenvalue weighted by molar-refractivity contribution is 9.10. The first kappa shape index (κ1) is 15.2. The van der Waals surface area contributed by atoms with Crippen LogP contribution < -0.4 is 4.90 Å². The third-order valence-corrected chi connectivity index (χ3v) is 6.09. The average Bonchev–Trinajstić information content (AvgIpc) is 2.89. The molecular formula is C18H18BrN2OS+. The van der Waals surface area contributed by atoms with E-state index in [1.54, 1.807) is 0 Å². The molecule has 5 heteroatoms. The molecule has 0 bridgehead atoms. The highest BCUT2D eigenvalue weighted by atomic mass is 79.9. The predicted molar refractivity (Wildman–Crippen MR) is 99.0 cm³/mol. The van der Waals surface area contributed by atoms with Crippen LogP contribution in [0.5, 0.6) is 0 Å². The van der Waals surface area contributed by atoms with Crippen molar-refractivity contribution in [2.75, 3.05) is 23.7 Å². The van der Waals surface area contributed by atoms with Gasteiger partial charge in [-0.15, -0.1) is 0 Å². The molecule has 1 N–H and O–H groups in total. The summed E-state index contributed by atoms with van der Waals surface area (Å²) in [7, 11) is 0. The number of rotatable bonds is 2. The lowest BCUT2D eigenvalue weighted by Gasteiger charge is -2.28. The molecule has 0 amide bonds. The minimum absolute atomic E-state index is 0.603. The molecule has 0 fully saturated rings. The maximum absolute atomic E-state index is 11.6. The third-order valence-electron chi connectivity index (χ3n) is 4.37. The summed E-state index contributed by atoms with van der Waals surface area (Å²) in [6.45, 7) is 1.61. The third kappa shape index (κ3) is 2.61. The molecule has 0 saturated heterocycles. The van der Waals surface area contributed by atoms with Crippen LogP contribution in [0.25, 0.3) is 0 Å². The molecule has 1 atom stereocenters. The largest absolute Gasteiger partial charge is 0.346 e. The fraction of sp³-hybridized carbons (Fsp3) is 0.278. The summed E-state index contributed by atoms with van der Waals surface area (Å²) >= 11 is 5.31. The van der Waals surface area contributed by atoms with Gasteiger partial charge in [0.1, 0.15) is 5.69 Å². The van der Waals surface area contributed by atoms with E-state index in [4.69, 9.17) is 0 Å². The smallest absolute Gasteiger partial charge is 0.316 e. The first-order valence-corrected chi connectivity index (χ1v) is 9.55. The molecule has 0 radical (unpaired) electrons. The van der Waals surface area contributed by atoms with E-state index in [1.165, 1.54) is 0 Å². The van der Waals surface area contributed by atoms with Gasteiger partial charge in [-0.1, -0.05) is 46.3 Å². The molecule has 2 aromatic carbocycles. The number of benzene rings is 2. The summed E-state index contributed by atoms with van der Waals surface area (Å²) in [6, 6.07) is 18.2. The van der Waals surface area contributed by atoms with Gasteiger partial charge in [0.05, 0.1) is 6.54 Å². The van der Waals surface area contributed by atoms with Gasteiger partial charge >= 0.3 is 5.17 Å². The quantitative estimate of drug-likeness (QED) is 0.794. The van der Waals surface area contributed by atoms with Gasteiger partial charge in [0, 0.05) is 15.8 Å². The first-order chi connectivity index (χ1) is 11.2. The molecule has 0 spiro atoms. The molecular weight excluding hydrogens is 372 g/mol. The minimum atomic E-state index is -1.03. The number of aliphatic hydroxyl groups is 1. The van der Waals surface area contributed by atoms with E-state index in [0.29, 0.717) is 6.54 Å². The average molecular weight is 390 g/mol. The fourth-order valence-corrected chi connectivity index (χ4v) is 4.74. The zero-order valence-electron chi connectivity index (χ0n) is 12.7. The van der Waals surface area contributed by atoms with Crippen molar-refractivity contribution < 1.29 is 9.68 Å². The van der Waals surface area contributed by atoms with E-state index in [9.17, 15) is 5.11 Å². The van der Waals surface area contributed by atoms with E-state index >= 15 is 0 Å². The predicted octanol–water partition coefficient (Wildman–Crippen LogP) is 3.62. The molecule has 3 nitrogen and oxygen atoms in total. The number of amidine groups is 1. The van der Waals surface area contributed by atoms with Crippen molar-refractivity contribution >= 4 is 38.5 Å². The van der Waals surface area contributed by atoms with Crippen molar-refractivity contribution in [1.29, 1.82) is 0 Å². The maximum atomic E-state index is 11.6. The van der Waals surface area contributed by atoms with Crippen LogP contribution in [0, 0.1) is 0 Å². The van der Waals surface area contributed by atoms with Gasteiger partial charge in [-0.2, -0.15) is 4.90 Å². The number of nitrogens with zero attached hydrogens (tertiary/aromatic N) is 2. The summed E-state index contributed by atoms with van der Waals surface area (Å²) in [5.74, 6) is 1.10. The Balaban J connectivity index is 1.84. The van der Waals surface area contributed by atoms with E-state index in [-0.39, 0.29) is 0 Å². The lowest BCUT2D eigenvalue weighted by molar-refractivity contribution is -0.532. The van der Waals surface area contributed by atoms with Crippen molar-refractivity contribution in [3.63, 3.8) is 0 Å². The lowest BCUT2D eigenvalue weighted by atomic mass is 10.0. The van der Waals surface area contributed by atoms with Crippen LogP contribution >= 0.6 is 27.7 Å². The highest BCUT2D eigenvalue weighted by Crippen LogP contribution is 2.39. The Labute approximate surface area is 148 Å². The number of thioether (sulfide) groups is 1. The molecule has 2 aromatic rings. The minimum Gasteiger partial charge on any atom is -0.346 e. The number of halogens is 1. The topological polar surface area (TPSA) is 26.5 Å². The number of hydrogen-bond acceptors (Lipinski definition) is 3. The summed E-state index contributed by atoms with van der Waals surface area (Å²) in [6.07, 6.45) is 1.16. The summed E-state index contributed by atoms with van der Waals surface area (Å²) in [5, 5.41) is 12.8. The molecule has 2 aliphatic heterocycles. The fourth-order valence-electron chi connectivity index (χ4n) is 3.29. The van der Waals surface area contributed by atoms with Crippen LogP contribution in [0.2, 0.25) is 0 Å². The van der Waals surface area contributed by atoms with Crippen LogP contribution in [0.4, 0.5) is 5.69 Å². The second-order valence-corrected chi connectivity index (χ2v) is 7.88. The molecule has 4 rings (SSSR count). The SMILES string of the molecule is O[C@@]1(c2ccc(Br)cc2)C[N+]2=C(SCCC2)N1c1ccccc1. The van der Waals surface area contributed by atoms with Crippen LogP contribution in [0.3, 0.4) is 0 Å². The Kier molecular flexibility index (Phi) is 3.95. The highest BCUT2D eigenvalue weighted by Gasteiger charge is 2.55. The Morgan fingerprint density at radius 1 is 1.09 bits per heavy atom. The first-order valence-electron chi connectivity index (χ1n) is 7.77. The van der Waals surface area contributed by atoms with Crippen molar-refractivity contribution in [2.24, 2.45) is 0 Å². The van der Waals surface area contributed by atoms with Crippen molar-refractivity contribution in [1.82, 2.24) is 0 Å². The Morgan fingerprint density at radius 3 is 2.57 bits per heavy atom. The van der Waals surface area contributed by atoms with Gasteiger partial charge < -0.3 is 5.11 Å². The van der Waals surface area contributed by atoms with Crippen LogP contribution in [-0.2, 0) is 5.72 Å². The molecule has 0 aliphatic carbocycles. The van der Waals surface area contributed by atoms with Gasteiger partial charge in [0.2, 0.25) is 0 Å². The second kappa shape index (κ2) is 5.96. The maximum Gasteiger partial charge on any atom is 0.316 e. The van der Waals surface area contributed by atoms with E-state index in [0.717, 1.165) is 39.6 Å². The van der Waals surface area contributed by atoms with Gasteiger partial charge in [-0.25, -0.2) is 4.58 Å². The molecule has 2 heterocycles. The van der Waals surface area contributed by atoms with Gasteiger partial charge in [0.25, 0.3) is 5.72 Å². The monoisotopic (exact) mass is 389 g/mol. The van der Waals surface area contributed by atoms with Crippen LogP contribution in [0.1, 0.15) is 12.0 Å². The molecule has 23 heavy (non-hydrogen) atoms. The van der Waals surface area contributed by atoms with Gasteiger partial charge in [0.15, 0.2) is 6.54 Å².